The highest BCUT2D eigenvalue weighted by Gasteiger charge is 2.46. The second-order valence-electron chi connectivity index (χ2n) is 9.67. The second-order valence-corrected chi connectivity index (χ2v) is 9.67. The Morgan fingerprint density at radius 1 is 1.12 bits per heavy atom. The molecule has 2 fully saturated rings. The second kappa shape index (κ2) is 9.58. The van der Waals surface area contributed by atoms with Crippen LogP contribution in [-0.2, 0) is 9.59 Å². The van der Waals surface area contributed by atoms with Crippen LogP contribution in [0.25, 0.3) is 11.0 Å². The maximum Gasteiger partial charge on any atom is 0.238 e. The number of imidazole rings is 1. The lowest BCUT2D eigenvalue weighted by atomic mass is 9.87. The molecular weight excluding hydrogens is 426 g/mol. The van der Waals surface area contributed by atoms with Gasteiger partial charge < -0.3 is 15.2 Å². The Bertz CT molecular complexity index is 1170. The van der Waals surface area contributed by atoms with E-state index in [1.54, 1.807) is 6.92 Å². The molecule has 7 heteroatoms. The largest absolute Gasteiger partial charge is 0.342 e. The number of benzene rings is 2. The Morgan fingerprint density at radius 3 is 2.74 bits per heavy atom. The van der Waals surface area contributed by atoms with Gasteiger partial charge in [-0.15, -0.1) is 0 Å². The van der Waals surface area contributed by atoms with Crippen molar-refractivity contribution < 1.29 is 9.59 Å². The van der Waals surface area contributed by atoms with Gasteiger partial charge in [-0.05, 0) is 43.5 Å². The number of nitrogens with zero attached hydrogens (tertiary/aromatic N) is 3. The monoisotopic (exact) mass is 459 g/mol. The Morgan fingerprint density at radius 2 is 1.94 bits per heavy atom. The first-order valence-corrected chi connectivity index (χ1v) is 12.3. The molecule has 5 rings (SSSR count). The zero-order valence-electron chi connectivity index (χ0n) is 20.0. The van der Waals surface area contributed by atoms with Gasteiger partial charge in [-0.2, -0.15) is 0 Å². The number of H-pyrrole nitrogens is 1. The third-order valence-corrected chi connectivity index (χ3v) is 7.33. The molecule has 1 aromatic heterocycles. The van der Waals surface area contributed by atoms with E-state index in [4.69, 9.17) is 0 Å². The molecule has 0 unspecified atom stereocenters. The fraction of sp³-hybridized carbons (Fsp3) is 0.444. The van der Waals surface area contributed by atoms with Crippen LogP contribution in [0.3, 0.4) is 0 Å². The molecule has 2 N–H and O–H groups in total. The molecule has 34 heavy (non-hydrogen) atoms. The minimum absolute atomic E-state index is 0.0283. The molecule has 7 nitrogen and oxygen atoms in total. The van der Waals surface area contributed by atoms with Gasteiger partial charge in [0.2, 0.25) is 11.8 Å². The standard InChI is InChI=1S/C27H33N5O2/c1-18-28-23-13-12-21(15-24(23)29-18)30-26(34)17-31-16-22(20-9-5-3-6-10-20)27-25(31)11-7-4-8-14-32(27)19(2)33/h3,5-6,9-10,12-13,15,22,25,27H,4,7-8,11,14,16-17H2,1-2H3,(H,28,29)(H,30,34)/t22-,25-,27-/m0/s1. The van der Waals surface area contributed by atoms with Gasteiger partial charge in [-0.3, -0.25) is 14.5 Å². The minimum Gasteiger partial charge on any atom is -0.342 e. The highest BCUT2D eigenvalue weighted by molar-refractivity contribution is 5.94. The average Bonchev–Trinajstić information content (AvgIpc) is 3.32. The number of nitrogens with one attached hydrogen (secondary N) is 2. The van der Waals surface area contributed by atoms with E-state index in [0.717, 1.165) is 61.3 Å². The van der Waals surface area contributed by atoms with Gasteiger partial charge in [0.25, 0.3) is 0 Å². The summed E-state index contributed by atoms with van der Waals surface area (Å²) < 4.78 is 0. The summed E-state index contributed by atoms with van der Waals surface area (Å²) in [4.78, 5) is 37.9. The van der Waals surface area contributed by atoms with E-state index in [1.807, 2.05) is 31.2 Å². The van der Waals surface area contributed by atoms with E-state index in [-0.39, 0.29) is 29.8 Å². The molecule has 2 aliphatic heterocycles. The van der Waals surface area contributed by atoms with Crippen LogP contribution in [-0.4, -0.2) is 63.3 Å². The van der Waals surface area contributed by atoms with Crippen LogP contribution < -0.4 is 5.32 Å². The maximum absolute atomic E-state index is 13.1. The Hall–Kier alpha value is -3.19. The number of carbonyl (C=O) groups excluding carboxylic acids is 2. The van der Waals surface area contributed by atoms with Crippen molar-refractivity contribution in [3.8, 4) is 0 Å². The van der Waals surface area contributed by atoms with E-state index < -0.39 is 0 Å². The van der Waals surface area contributed by atoms with Crippen LogP contribution in [0.1, 0.15) is 49.9 Å². The first-order valence-electron chi connectivity index (χ1n) is 12.3. The molecule has 0 radical (unpaired) electrons. The van der Waals surface area contributed by atoms with Crippen LogP contribution in [0.4, 0.5) is 5.69 Å². The normalized spacial score (nSPS) is 23.4. The number of amides is 2. The van der Waals surface area contributed by atoms with E-state index >= 15 is 0 Å². The summed E-state index contributed by atoms with van der Waals surface area (Å²) in [5.41, 5.74) is 3.81. The third-order valence-electron chi connectivity index (χ3n) is 7.33. The van der Waals surface area contributed by atoms with Crippen molar-refractivity contribution in [2.45, 2.75) is 57.5 Å². The molecule has 178 valence electrons. The summed E-state index contributed by atoms with van der Waals surface area (Å²) in [6.07, 6.45) is 4.29. The molecule has 0 bridgehead atoms. The fourth-order valence-electron chi connectivity index (χ4n) is 5.87. The maximum atomic E-state index is 13.1. The van der Waals surface area contributed by atoms with Crippen molar-refractivity contribution in [2.24, 2.45) is 0 Å². The van der Waals surface area contributed by atoms with Gasteiger partial charge in [0, 0.05) is 37.7 Å². The first-order chi connectivity index (χ1) is 16.5. The molecule has 0 spiro atoms. The topological polar surface area (TPSA) is 81.3 Å². The quantitative estimate of drug-likeness (QED) is 0.616. The molecule has 2 aliphatic rings. The molecule has 2 amide bonds. The summed E-state index contributed by atoms with van der Waals surface area (Å²) in [5.74, 6) is 1.16. The Labute approximate surface area is 200 Å². The number of fused-ring (bicyclic) bond motifs is 2. The van der Waals surface area contributed by atoms with Crippen molar-refractivity contribution in [3.05, 3.63) is 59.9 Å². The fourth-order valence-corrected chi connectivity index (χ4v) is 5.87. The van der Waals surface area contributed by atoms with Crippen LogP contribution >= 0.6 is 0 Å². The van der Waals surface area contributed by atoms with Gasteiger partial charge in [-0.25, -0.2) is 4.98 Å². The molecule has 3 heterocycles. The van der Waals surface area contributed by atoms with E-state index in [0.29, 0.717) is 6.54 Å². The molecular formula is C27H33N5O2. The molecule has 2 saturated heterocycles. The zero-order chi connectivity index (χ0) is 23.7. The predicted octanol–water partition coefficient (Wildman–Crippen LogP) is 4.07. The van der Waals surface area contributed by atoms with Crippen molar-refractivity contribution >= 4 is 28.5 Å². The van der Waals surface area contributed by atoms with Crippen molar-refractivity contribution in [1.29, 1.82) is 0 Å². The Kier molecular flexibility index (Phi) is 6.37. The Balaban J connectivity index is 1.38. The molecule has 2 aromatic carbocycles. The molecule has 0 saturated carbocycles. The van der Waals surface area contributed by atoms with Gasteiger partial charge in [0.15, 0.2) is 0 Å². The summed E-state index contributed by atoms with van der Waals surface area (Å²) in [6, 6.07) is 16.5. The first kappa shape index (κ1) is 22.6. The molecule has 3 atom stereocenters. The number of rotatable bonds is 4. The van der Waals surface area contributed by atoms with Gasteiger partial charge in [0.05, 0.1) is 23.6 Å². The number of carbonyl (C=O) groups is 2. The summed E-state index contributed by atoms with van der Waals surface area (Å²) in [5, 5.41) is 3.07. The van der Waals surface area contributed by atoms with Gasteiger partial charge in [0.1, 0.15) is 5.82 Å². The van der Waals surface area contributed by atoms with Crippen molar-refractivity contribution in [2.75, 3.05) is 25.0 Å². The number of anilines is 1. The van der Waals surface area contributed by atoms with Crippen LogP contribution in [0.5, 0.6) is 0 Å². The highest BCUT2D eigenvalue weighted by Crippen LogP contribution is 2.39. The lowest BCUT2D eigenvalue weighted by Gasteiger charge is -2.38. The van der Waals surface area contributed by atoms with Crippen LogP contribution in [0.2, 0.25) is 0 Å². The number of aromatic nitrogens is 2. The number of likely N-dealkylation sites (tertiary alicyclic amines) is 2. The van der Waals surface area contributed by atoms with E-state index in [1.165, 1.54) is 5.56 Å². The van der Waals surface area contributed by atoms with Crippen LogP contribution in [0, 0.1) is 6.92 Å². The number of aromatic amines is 1. The predicted molar refractivity (Wildman–Crippen MR) is 134 cm³/mol. The number of aryl methyl sites for hydroxylation is 1. The molecule has 0 aliphatic carbocycles. The van der Waals surface area contributed by atoms with Crippen LogP contribution in [0.15, 0.2) is 48.5 Å². The van der Waals surface area contributed by atoms with E-state index in [2.05, 4.69) is 49.4 Å². The molecule has 3 aromatic rings. The minimum atomic E-state index is -0.0283. The SMILES string of the molecule is CC(=O)N1CCCCC[C@H]2[C@@H]1[C@H](c1ccccc1)CN2CC(=O)Nc1ccc2nc(C)[nH]c2c1. The summed E-state index contributed by atoms with van der Waals surface area (Å²) in [6.45, 7) is 5.49. The van der Waals surface area contributed by atoms with E-state index in [9.17, 15) is 9.59 Å². The number of hydrogen-bond acceptors (Lipinski definition) is 4. The van der Waals surface area contributed by atoms with Crippen molar-refractivity contribution in [3.63, 3.8) is 0 Å². The smallest absolute Gasteiger partial charge is 0.238 e. The lowest BCUT2D eigenvalue weighted by Crippen LogP contribution is -2.50. The average molecular weight is 460 g/mol. The number of hydrogen-bond donors (Lipinski definition) is 2. The van der Waals surface area contributed by atoms with Crippen molar-refractivity contribution in [1.82, 2.24) is 19.8 Å². The zero-order valence-corrected chi connectivity index (χ0v) is 20.0. The van der Waals surface area contributed by atoms with Gasteiger partial charge >= 0.3 is 0 Å². The summed E-state index contributed by atoms with van der Waals surface area (Å²) in [7, 11) is 0. The van der Waals surface area contributed by atoms with Gasteiger partial charge in [-0.1, -0.05) is 43.2 Å². The lowest BCUT2D eigenvalue weighted by molar-refractivity contribution is -0.132. The summed E-state index contributed by atoms with van der Waals surface area (Å²) >= 11 is 0. The highest BCUT2D eigenvalue weighted by atomic mass is 16.2. The third kappa shape index (κ3) is 4.57.